The topological polar surface area (TPSA) is 299 Å². The maximum Gasteiger partial charge on any atom is 0.233 e. The Morgan fingerprint density at radius 2 is 0.303 bits per heavy atom. The van der Waals surface area contributed by atoms with E-state index < -0.39 is 0 Å². The molecular weight excluding hydrogens is 1480 g/mol. The molecule has 0 bridgehead atoms. The first-order valence-electron chi connectivity index (χ1n) is 38.8. The summed E-state index contributed by atoms with van der Waals surface area (Å²) in [5.41, 5.74) is 23.8. The van der Waals surface area contributed by atoms with Gasteiger partial charge in [0.1, 0.15) is 0 Å². The Hall–Kier alpha value is -15.7. The molecule has 0 atom stereocenters. The molecule has 0 fully saturated rings. The second-order valence-electron chi connectivity index (χ2n) is 28.4. The number of para-hydroxylation sites is 6. The van der Waals surface area contributed by atoms with E-state index in [0.717, 1.165) is 113 Å². The molecule has 0 aliphatic rings. The predicted octanol–water partition coefficient (Wildman–Crippen LogP) is 23.8. The zero-order chi connectivity index (χ0) is 82.8. The third kappa shape index (κ3) is 24.9. The van der Waals surface area contributed by atoms with Crippen LogP contribution < -0.4 is 63.8 Å². The van der Waals surface area contributed by atoms with Crippen molar-refractivity contribution in [3.8, 4) is 0 Å². The summed E-state index contributed by atoms with van der Waals surface area (Å²) in [5, 5.41) is 39.4. The summed E-state index contributed by atoms with van der Waals surface area (Å²) in [5.74, 6) is 5.52. The van der Waals surface area contributed by atoms with E-state index in [2.05, 4.69) is 144 Å². The molecule has 24 nitrogen and oxygen atoms in total. The fourth-order valence-corrected chi connectivity index (χ4v) is 11.8. The van der Waals surface area contributed by atoms with Gasteiger partial charge in [-0.1, -0.05) is 199 Å². The summed E-state index contributed by atoms with van der Waals surface area (Å²) in [7, 11) is 0. The molecule has 119 heavy (non-hydrogen) atoms. The van der Waals surface area contributed by atoms with Gasteiger partial charge in [-0.15, -0.1) is 0 Å². The third-order valence-corrected chi connectivity index (χ3v) is 18.3. The molecule has 4 heterocycles. The summed E-state index contributed by atoms with van der Waals surface area (Å²) < 4.78 is 0. The van der Waals surface area contributed by atoms with Gasteiger partial charge >= 0.3 is 0 Å². The van der Waals surface area contributed by atoms with Gasteiger partial charge in [0.15, 0.2) is 0 Å². The molecule has 594 valence electrons. The minimum absolute atomic E-state index is 0.457. The van der Waals surface area contributed by atoms with Crippen LogP contribution in [0.4, 0.5) is 140 Å². The van der Waals surface area contributed by atoms with E-state index in [9.17, 15) is 0 Å². The summed E-state index contributed by atoms with van der Waals surface area (Å²) in [6.45, 7) is 22.5. The second-order valence-corrected chi connectivity index (χ2v) is 28.4. The minimum atomic E-state index is 0.457. The van der Waals surface area contributed by atoms with E-state index in [1.807, 2.05) is 353 Å². The first-order chi connectivity index (χ1) is 57.8. The highest BCUT2D eigenvalue weighted by molar-refractivity contribution is 5.70. The zero-order valence-corrected chi connectivity index (χ0v) is 68.2. The van der Waals surface area contributed by atoms with Gasteiger partial charge in [0.25, 0.3) is 0 Å². The van der Waals surface area contributed by atoms with Crippen LogP contribution in [0.1, 0.15) is 61.2 Å². The lowest BCUT2D eigenvalue weighted by Crippen LogP contribution is -2.08. The van der Waals surface area contributed by atoms with Crippen molar-refractivity contribution in [3.05, 3.63) is 358 Å². The monoisotopic (exact) mass is 1570 g/mol. The fraction of sp³-hybridized carbons (Fsp3) is 0.116. The Morgan fingerprint density at radius 3 is 0.504 bits per heavy atom. The molecule has 0 saturated heterocycles. The second kappa shape index (κ2) is 39.8. The molecular formula is C95H94N24. The molecule has 0 aliphatic carbocycles. The molecule has 24 heteroatoms. The maximum absolute atomic E-state index is 4.58. The molecule has 0 aliphatic heterocycles. The number of hydrogen-bond donors (Lipinski definition) is 12. The van der Waals surface area contributed by atoms with E-state index >= 15 is 0 Å². The van der Waals surface area contributed by atoms with Crippen molar-refractivity contribution < 1.29 is 0 Å². The van der Waals surface area contributed by atoms with E-state index in [1.165, 1.54) is 16.7 Å². The maximum atomic E-state index is 4.58. The predicted molar refractivity (Wildman–Crippen MR) is 488 cm³/mol. The number of anilines is 24. The normalized spacial score (nSPS) is 10.5. The molecule has 0 spiro atoms. The smallest absolute Gasteiger partial charge is 0.233 e. The van der Waals surface area contributed by atoms with Crippen molar-refractivity contribution >= 4 is 140 Å². The molecule has 0 amide bonds. The zero-order valence-electron chi connectivity index (χ0n) is 68.2. The Labute approximate surface area is 694 Å². The Balaban J connectivity index is 0.000000137. The highest BCUT2D eigenvalue weighted by atomic mass is 15.3. The van der Waals surface area contributed by atoms with Gasteiger partial charge in [-0.2, -0.15) is 59.8 Å². The lowest BCUT2D eigenvalue weighted by Gasteiger charge is -2.13. The van der Waals surface area contributed by atoms with Crippen molar-refractivity contribution in [2.75, 3.05) is 63.8 Å². The number of aryl methyl sites for hydroxylation is 11. The van der Waals surface area contributed by atoms with E-state index in [0.29, 0.717) is 71.4 Å². The summed E-state index contributed by atoms with van der Waals surface area (Å²) in [4.78, 5) is 54.7. The first kappa shape index (κ1) is 81.3. The van der Waals surface area contributed by atoms with Crippen LogP contribution in [-0.4, -0.2) is 59.8 Å². The van der Waals surface area contributed by atoms with E-state index in [-0.39, 0.29) is 0 Å². The average Bonchev–Trinajstić information content (AvgIpc) is 0.840. The first-order valence-corrected chi connectivity index (χ1v) is 38.8. The lowest BCUT2D eigenvalue weighted by atomic mass is 10.2. The van der Waals surface area contributed by atoms with Gasteiger partial charge in [0, 0.05) is 68.2 Å². The van der Waals surface area contributed by atoms with Crippen LogP contribution in [-0.2, 0) is 0 Å². The van der Waals surface area contributed by atoms with Gasteiger partial charge in [-0.05, 0) is 236 Å². The Kier molecular flexibility index (Phi) is 27.2. The fourth-order valence-electron chi connectivity index (χ4n) is 11.8. The number of hydrogen-bond acceptors (Lipinski definition) is 24. The van der Waals surface area contributed by atoms with Crippen LogP contribution in [0.25, 0.3) is 0 Å². The van der Waals surface area contributed by atoms with Gasteiger partial charge < -0.3 is 63.8 Å². The molecule has 12 N–H and O–H groups in total. The van der Waals surface area contributed by atoms with E-state index in [4.69, 9.17) is 0 Å². The number of nitrogens with one attached hydrogen (secondary N) is 12. The molecule has 0 radical (unpaired) electrons. The Bertz CT molecular complexity index is 5690. The standard InChI is InChI=1S/3C24H24N6.C23H22N6/c1-16-7-4-10-19(13-16)25-22-28-23(26-20-11-5-8-17(2)14-20)30-24(29-22)27-21-12-6-9-18(3)15-21;1-16-12-14-19(15-13-16)25-22-28-23(26-20-10-6-4-8-17(20)2)30-24(29-22)27-21-11-7-5-9-18(21)3;1-16-8-12-19(13-9-16)25-22-28-23(26-20-14-10-17(2)11-15-20)30-24(29-22)27-21-7-5-4-6-18(21)3;1-16-10-6-8-14-19(16)25-22-27-21(24-18-12-4-3-5-13-18)28-23(29-22)26-20-15-9-7-11-17(20)2/h3*4-15H,1-3H3,(H3,25,26,27,28,29,30);3-15H,1-2H3,(H3,24,25,26,27,28,29). The van der Waals surface area contributed by atoms with E-state index in [1.54, 1.807) is 0 Å². The van der Waals surface area contributed by atoms with Crippen molar-refractivity contribution in [2.24, 2.45) is 0 Å². The third-order valence-electron chi connectivity index (χ3n) is 18.3. The van der Waals surface area contributed by atoms with Crippen molar-refractivity contribution in [2.45, 2.75) is 76.2 Å². The van der Waals surface area contributed by atoms with Crippen LogP contribution in [0.3, 0.4) is 0 Å². The Morgan fingerprint density at radius 1 is 0.134 bits per heavy atom. The highest BCUT2D eigenvalue weighted by Crippen LogP contribution is 2.30. The molecule has 0 saturated carbocycles. The highest BCUT2D eigenvalue weighted by Gasteiger charge is 2.16. The van der Waals surface area contributed by atoms with Gasteiger partial charge in [-0.25, -0.2) is 0 Å². The number of benzene rings is 12. The molecule has 12 aromatic carbocycles. The lowest BCUT2D eigenvalue weighted by molar-refractivity contribution is 1.06. The van der Waals surface area contributed by atoms with Crippen LogP contribution in [0.5, 0.6) is 0 Å². The summed E-state index contributed by atoms with van der Waals surface area (Å²) >= 11 is 0. The molecule has 16 rings (SSSR count). The number of aromatic nitrogens is 12. The van der Waals surface area contributed by atoms with Crippen molar-refractivity contribution in [1.82, 2.24) is 59.8 Å². The van der Waals surface area contributed by atoms with Crippen LogP contribution in [0.15, 0.2) is 297 Å². The molecule has 0 unspecified atom stereocenters. The molecule has 4 aromatic heterocycles. The van der Waals surface area contributed by atoms with Crippen LogP contribution >= 0.6 is 0 Å². The van der Waals surface area contributed by atoms with Gasteiger partial charge in [0.05, 0.1) is 0 Å². The van der Waals surface area contributed by atoms with Gasteiger partial charge in [-0.3, -0.25) is 0 Å². The SMILES string of the molecule is Cc1ccc(Nc2nc(Nc3ccc(C)cc3)nc(Nc3ccccc3C)n2)cc1.Cc1ccc(Nc2nc(Nc3ccccc3C)nc(Nc3ccccc3C)n2)cc1.Cc1cccc(Nc2nc(Nc3cccc(C)c3)nc(Nc3cccc(C)c3)n2)c1.Cc1ccccc1Nc1nc(Nc2ccccc2)nc(Nc2ccccc2C)n1. The summed E-state index contributed by atoms with van der Waals surface area (Å²) in [6, 6.07) is 98.4. The number of nitrogens with zero attached hydrogens (tertiary/aromatic N) is 12. The van der Waals surface area contributed by atoms with Gasteiger partial charge in [0.2, 0.25) is 71.4 Å². The van der Waals surface area contributed by atoms with Crippen molar-refractivity contribution in [3.63, 3.8) is 0 Å². The van der Waals surface area contributed by atoms with Crippen LogP contribution in [0, 0.1) is 76.2 Å². The minimum Gasteiger partial charge on any atom is -0.324 e. The molecule has 16 aromatic rings. The largest absolute Gasteiger partial charge is 0.324 e. The summed E-state index contributed by atoms with van der Waals surface area (Å²) in [6.07, 6.45) is 0. The number of rotatable bonds is 24. The van der Waals surface area contributed by atoms with Crippen molar-refractivity contribution in [1.29, 1.82) is 0 Å². The quantitative estimate of drug-likeness (QED) is 0.0268. The average molecular weight is 1570 g/mol. The van der Waals surface area contributed by atoms with Crippen LogP contribution in [0.2, 0.25) is 0 Å².